The van der Waals surface area contributed by atoms with Crippen LogP contribution in [-0.4, -0.2) is 42.3 Å². The molecular formula is C25H32O6Si. The number of carbonyl (C=O) groups is 1. The lowest BCUT2D eigenvalue weighted by molar-refractivity contribution is 0.104. The lowest BCUT2D eigenvalue weighted by Crippen LogP contribution is -2.43. The summed E-state index contributed by atoms with van der Waals surface area (Å²) in [4.78, 5) is 13.9. The summed E-state index contributed by atoms with van der Waals surface area (Å²) in [7, 11) is 4.21. The normalized spacial score (nSPS) is 11.5. The van der Waals surface area contributed by atoms with Crippen molar-refractivity contribution in [3.05, 3.63) is 41.5 Å². The number of ketones is 1. The SMILES string of the molecule is CCCC[Si](C)(C)c1oc2cc(OC)ccc2c1C(=O)c1cc(OC)c(OC)c(OC)c1. The quantitative estimate of drug-likeness (QED) is 0.300. The zero-order valence-electron chi connectivity index (χ0n) is 20.0. The van der Waals surface area contributed by atoms with Crippen LogP contribution in [0.25, 0.3) is 11.0 Å². The predicted molar refractivity (Wildman–Crippen MR) is 129 cm³/mol. The van der Waals surface area contributed by atoms with E-state index < -0.39 is 8.07 Å². The fourth-order valence-electron chi connectivity index (χ4n) is 3.99. The molecule has 0 amide bonds. The van der Waals surface area contributed by atoms with Crippen LogP contribution >= 0.6 is 0 Å². The molecule has 2 aromatic carbocycles. The minimum atomic E-state index is -2.03. The van der Waals surface area contributed by atoms with Crippen molar-refractivity contribution in [1.29, 1.82) is 0 Å². The zero-order chi connectivity index (χ0) is 23.5. The predicted octanol–water partition coefficient (Wildman–Crippen LogP) is 5.41. The lowest BCUT2D eigenvalue weighted by atomic mass is 10.0. The van der Waals surface area contributed by atoms with Crippen molar-refractivity contribution in [3.8, 4) is 23.0 Å². The second-order valence-electron chi connectivity index (χ2n) is 8.40. The summed E-state index contributed by atoms with van der Waals surface area (Å²) < 4.78 is 28.1. The highest BCUT2D eigenvalue weighted by atomic mass is 28.3. The Morgan fingerprint density at radius 3 is 2.12 bits per heavy atom. The van der Waals surface area contributed by atoms with Crippen molar-refractivity contribution in [2.75, 3.05) is 28.4 Å². The second kappa shape index (κ2) is 9.69. The van der Waals surface area contributed by atoms with Gasteiger partial charge < -0.3 is 23.4 Å². The van der Waals surface area contributed by atoms with Crippen LogP contribution in [0.3, 0.4) is 0 Å². The van der Waals surface area contributed by atoms with Gasteiger partial charge in [-0.15, -0.1) is 0 Å². The van der Waals surface area contributed by atoms with Crippen molar-refractivity contribution in [3.63, 3.8) is 0 Å². The molecule has 172 valence electrons. The molecule has 7 heteroatoms. The van der Waals surface area contributed by atoms with E-state index in [1.165, 1.54) is 14.2 Å². The average molecular weight is 457 g/mol. The third kappa shape index (κ3) is 4.34. The number of unbranched alkanes of at least 4 members (excludes halogenated alkanes) is 1. The van der Waals surface area contributed by atoms with E-state index in [0.717, 1.165) is 29.7 Å². The largest absolute Gasteiger partial charge is 0.497 e. The van der Waals surface area contributed by atoms with Crippen molar-refractivity contribution in [1.82, 2.24) is 0 Å². The van der Waals surface area contributed by atoms with Gasteiger partial charge in [-0.1, -0.05) is 38.9 Å². The molecule has 0 atom stereocenters. The van der Waals surface area contributed by atoms with Gasteiger partial charge in [-0.05, 0) is 24.3 Å². The number of fused-ring (bicyclic) bond motifs is 1. The fourth-order valence-corrected chi connectivity index (χ4v) is 6.77. The van der Waals surface area contributed by atoms with Crippen LogP contribution in [0.15, 0.2) is 34.7 Å². The molecule has 0 saturated heterocycles. The first-order valence-electron chi connectivity index (χ1n) is 10.8. The summed E-state index contributed by atoms with van der Waals surface area (Å²) in [5.41, 5.74) is 1.73. The van der Waals surface area contributed by atoms with E-state index in [2.05, 4.69) is 20.0 Å². The lowest BCUT2D eigenvalue weighted by Gasteiger charge is -2.21. The molecule has 6 nitrogen and oxygen atoms in total. The van der Waals surface area contributed by atoms with Crippen molar-refractivity contribution >= 4 is 30.2 Å². The summed E-state index contributed by atoms with van der Waals surface area (Å²) in [5, 5.41) is 1.60. The highest BCUT2D eigenvalue weighted by Gasteiger charge is 2.35. The van der Waals surface area contributed by atoms with Crippen LogP contribution in [0.4, 0.5) is 0 Å². The second-order valence-corrected chi connectivity index (χ2v) is 13.1. The maximum Gasteiger partial charge on any atom is 0.203 e. The van der Waals surface area contributed by atoms with Gasteiger partial charge in [-0.25, -0.2) is 0 Å². The van der Waals surface area contributed by atoms with Gasteiger partial charge in [0.2, 0.25) is 5.75 Å². The van der Waals surface area contributed by atoms with Crippen molar-refractivity contribution in [2.24, 2.45) is 0 Å². The highest BCUT2D eigenvalue weighted by molar-refractivity contribution is 6.90. The highest BCUT2D eigenvalue weighted by Crippen LogP contribution is 2.39. The number of ether oxygens (including phenoxy) is 4. The van der Waals surface area contributed by atoms with E-state index in [0.29, 0.717) is 39.7 Å². The van der Waals surface area contributed by atoms with Crippen LogP contribution in [0.2, 0.25) is 19.1 Å². The Bertz CT molecular complexity index is 1090. The van der Waals surface area contributed by atoms with Crippen LogP contribution in [0, 0.1) is 0 Å². The Balaban J connectivity index is 2.25. The standard InChI is InChI=1S/C25H32O6Si/c1-8-9-12-32(6,7)25-22(18-11-10-17(27-2)15-19(18)31-25)23(26)16-13-20(28-3)24(30-5)21(14-16)29-4/h10-11,13-15H,8-9,12H2,1-7H3. The Labute approximate surface area is 190 Å². The summed E-state index contributed by atoms with van der Waals surface area (Å²) in [6.45, 7) is 6.68. The smallest absolute Gasteiger partial charge is 0.203 e. The van der Waals surface area contributed by atoms with Crippen molar-refractivity contribution < 1.29 is 28.2 Å². The molecule has 3 aromatic rings. The molecule has 0 bridgehead atoms. The molecule has 0 radical (unpaired) electrons. The average Bonchev–Trinajstić information content (AvgIpc) is 3.20. The first-order valence-corrected chi connectivity index (χ1v) is 14.0. The Morgan fingerprint density at radius 1 is 0.938 bits per heavy atom. The molecule has 0 unspecified atom stereocenters. The minimum absolute atomic E-state index is 0.125. The molecule has 0 fully saturated rings. The van der Waals surface area contributed by atoms with E-state index in [1.807, 2.05) is 18.2 Å². The molecule has 0 saturated carbocycles. The van der Waals surface area contributed by atoms with Crippen LogP contribution < -0.4 is 24.3 Å². The molecule has 1 heterocycles. The Kier molecular flexibility index (Phi) is 7.18. The molecule has 32 heavy (non-hydrogen) atoms. The third-order valence-electron chi connectivity index (χ3n) is 5.82. The third-order valence-corrected chi connectivity index (χ3v) is 9.01. The van der Waals surface area contributed by atoms with Gasteiger partial charge in [0, 0.05) is 17.0 Å². The number of carbonyl (C=O) groups excluding carboxylic acids is 1. The minimum Gasteiger partial charge on any atom is -0.497 e. The molecular weight excluding hydrogens is 424 g/mol. The van der Waals surface area contributed by atoms with Gasteiger partial charge in [0.1, 0.15) is 19.4 Å². The van der Waals surface area contributed by atoms with E-state index >= 15 is 0 Å². The molecule has 3 rings (SSSR count). The summed E-state index contributed by atoms with van der Waals surface area (Å²) >= 11 is 0. The molecule has 0 spiro atoms. The Hall–Kier alpha value is -2.93. The van der Waals surface area contributed by atoms with Gasteiger partial charge >= 0.3 is 0 Å². The number of hydrogen-bond acceptors (Lipinski definition) is 6. The molecule has 0 aliphatic heterocycles. The van der Waals surface area contributed by atoms with Gasteiger partial charge in [0.25, 0.3) is 0 Å². The molecule has 0 aliphatic carbocycles. The monoisotopic (exact) mass is 456 g/mol. The van der Waals surface area contributed by atoms with Gasteiger partial charge in [-0.3, -0.25) is 4.79 Å². The molecule has 0 N–H and O–H groups in total. The summed E-state index contributed by atoms with van der Waals surface area (Å²) in [6.07, 6.45) is 2.19. The summed E-state index contributed by atoms with van der Waals surface area (Å²) in [5.74, 6) is 1.89. The fraction of sp³-hybridized carbons (Fsp3) is 0.400. The van der Waals surface area contributed by atoms with Gasteiger partial charge in [0.15, 0.2) is 17.3 Å². The van der Waals surface area contributed by atoms with E-state index in [-0.39, 0.29) is 5.78 Å². The van der Waals surface area contributed by atoms with Crippen LogP contribution in [0.1, 0.15) is 35.7 Å². The van der Waals surface area contributed by atoms with Gasteiger partial charge in [-0.2, -0.15) is 0 Å². The van der Waals surface area contributed by atoms with Crippen molar-refractivity contribution in [2.45, 2.75) is 38.9 Å². The molecule has 0 aliphatic rings. The van der Waals surface area contributed by atoms with E-state index in [1.54, 1.807) is 26.4 Å². The maximum atomic E-state index is 13.9. The zero-order valence-corrected chi connectivity index (χ0v) is 21.0. The van der Waals surface area contributed by atoms with Crippen LogP contribution in [-0.2, 0) is 0 Å². The number of rotatable bonds is 10. The topological polar surface area (TPSA) is 67.1 Å². The number of benzene rings is 2. The summed E-state index contributed by atoms with van der Waals surface area (Å²) in [6, 6.07) is 10.0. The Morgan fingerprint density at radius 2 is 1.59 bits per heavy atom. The van der Waals surface area contributed by atoms with Gasteiger partial charge in [0.05, 0.1) is 39.4 Å². The maximum absolute atomic E-state index is 13.9. The van der Waals surface area contributed by atoms with E-state index in [9.17, 15) is 4.79 Å². The first-order chi connectivity index (χ1) is 15.3. The molecule has 1 aromatic heterocycles. The number of furan rings is 1. The first kappa shape index (κ1) is 23.7. The van der Waals surface area contributed by atoms with E-state index in [4.69, 9.17) is 23.4 Å². The number of methoxy groups -OCH3 is 4. The number of hydrogen-bond donors (Lipinski definition) is 0. The van der Waals surface area contributed by atoms with Crippen LogP contribution in [0.5, 0.6) is 23.0 Å².